The van der Waals surface area contributed by atoms with Gasteiger partial charge in [0.15, 0.2) is 0 Å². The molecule has 2 N–H and O–H groups in total. The zero-order chi connectivity index (χ0) is 18.3. The molecule has 1 atom stereocenters. The molecule has 0 aromatic heterocycles. The van der Waals surface area contributed by atoms with E-state index in [-0.39, 0.29) is 17.0 Å². The maximum Gasteiger partial charge on any atom is 0.323 e. The van der Waals surface area contributed by atoms with Crippen molar-refractivity contribution >= 4 is 5.97 Å². The summed E-state index contributed by atoms with van der Waals surface area (Å²) in [6.07, 6.45) is 4.29. The fourth-order valence-electron chi connectivity index (χ4n) is 2.84. The summed E-state index contributed by atoms with van der Waals surface area (Å²) < 4.78 is 11.6. The number of rotatable bonds is 10. The summed E-state index contributed by atoms with van der Waals surface area (Å²) in [5, 5.41) is 0. The minimum atomic E-state index is -0.557. The molecule has 0 fully saturated rings. The second kappa shape index (κ2) is 9.03. The molecule has 4 heteroatoms. The lowest BCUT2D eigenvalue weighted by molar-refractivity contribution is -0.161. The van der Waals surface area contributed by atoms with Gasteiger partial charge in [0.1, 0.15) is 11.6 Å². The fourth-order valence-corrected chi connectivity index (χ4v) is 2.84. The average molecular weight is 330 g/mol. The van der Waals surface area contributed by atoms with Crippen molar-refractivity contribution in [3.8, 4) is 0 Å². The largest absolute Gasteiger partial charge is 0.458 e. The van der Waals surface area contributed by atoms with Crippen LogP contribution < -0.4 is 5.73 Å². The van der Waals surface area contributed by atoms with Gasteiger partial charge < -0.3 is 15.2 Å². The standard InChI is InChI=1S/C19H39NO3/c1-9-10-11-15(20)16(21)23-18(5,6)12-13-22-19(7,8)14-17(2,3)4/h15H,9-14,20H2,1-8H3. The van der Waals surface area contributed by atoms with Crippen molar-refractivity contribution in [3.63, 3.8) is 0 Å². The van der Waals surface area contributed by atoms with Crippen molar-refractivity contribution in [1.82, 2.24) is 0 Å². The number of unbranched alkanes of at least 4 members (excludes halogenated alkanes) is 1. The van der Waals surface area contributed by atoms with Crippen LogP contribution in [0.2, 0.25) is 0 Å². The third-order valence-electron chi connectivity index (χ3n) is 3.70. The second-order valence-corrected chi connectivity index (χ2v) is 9.03. The molecule has 0 amide bonds. The second-order valence-electron chi connectivity index (χ2n) is 9.03. The molecular weight excluding hydrogens is 290 g/mol. The van der Waals surface area contributed by atoms with Gasteiger partial charge in [-0.2, -0.15) is 0 Å². The first-order chi connectivity index (χ1) is 10.3. The van der Waals surface area contributed by atoms with Gasteiger partial charge in [0.25, 0.3) is 0 Å². The van der Waals surface area contributed by atoms with Crippen LogP contribution in [0.5, 0.6) is 0 Å². The molecule has 0 spiro atoms. The van der Waals surface area contributed by atoms with E-state index in [2.05, 4.69) is 41.5 Å². The molecule has 0 aromatic rings. The Morgan fingerprint density at radius 1 is 1.04 bits per heavy atom. The van der Waals surface area contributed by atoms with Crippen molar-refractivity contribution in [1.29, 1.82) is 0 Å². The van der Waals surface area contributed by atoms with E-state index in [1.165, 1.54) is 0 Å². The molecule has 23 heavy (non-hydrogen) atoms. The number of hydrogen-bond acceptors (Lipinski definition) is 4. The predicted molar refractivity (Wildman–Crippen MR) is 96.4 cm³/mol. The van der Waals surface area contributed by atoms with Crippen molar-refractivity contribution in [2.45, 2.75) is 105 Å². The number of carbonyl (C=O) groups is 1. The van der Waals surface area contributed by atoms with Crippen molar-refractivity contribution in [2.75, 3.05) is 6.61 Å². The van der Waals surface area contributed by atoms with Crippen LogP contribution in [0.3, 0.4) is 0 Å². The molecule has 138 valence electrons. The molecule has 0 saturated heterocycles. The first-order valence-electron chi connectivity index (χ1n) is 8.90. The van der Waals surface area contributed by atoms with E-state index >= 15 is 0 Å². The molecule has 0 aliphatic rings. The van der Waals surface area contributed by atoms with Crippen LogP contribution in [-0.2, 0) is 14.3 Å². The molecule has 0 heterocycles. The van der Waals surface area contributed by atoms with Gasteiger partial charge in [-0.15, -0.1) is 0 Å². The normalized spacial score (nSPS) is 14.7. The SMILES string of the molecule is CCCCC(N)C(=O)OC(C)(C)CCOC(C)(C)CC(C)(C)C. The van der Waals surface area contributed by atoms with Gasteiger partial charge in [-0.3, -0.25) is 4.79 Å². The minimum Gasteiger partial charge on any atom is -0.458 e. The van der Waals surface area contributed by atoms with E-state index in [9.17, 15) is 4.79 Å². The summed E-state index contributed by atoms with van der Waals surface area (Å²) in [5.74, 6) is -0.308. The van der Waals surface area contributed by atoms with Gasteiger partial charge in [0.2, 0.25) is 0 Å². The van der Waals surface area contributed by atoms with E-state index in [1.807, 2.05) is 13.8 Å². The lowest BCUT2D eigenvalue weighted by Crippen LogP contribution is -2.40. The Morgan fingerprint density at radius 2 is 1.61 bits per heavy atom. The van der Waals surface area contributed by atoms with E-state index in [0.717, 1.165) is 19.3 Å². The molecule has 4 nitrogen and oxygen atoms in total. The smallest absolute Gasteiger partial charge is 0.323 e. The van der Waals surface area contributed by atoms with Crippen LogP contribution in [-0.4, -0.2) is 29.8 Å². The molecule has 0 rings (SSSR count). The molecule has 0 aliphatic heterocycles. The lowest BCUT2D eigenvalue weighted by Gasteiger charge is -2.34. The Labute approximate surface area is 143 Å². The Balaban J connectivity index is 4.29. The number of carbonyl (C=O) groups excluding carboxylic acids is 1. The molecule has 0 saturated carbocycles. The third-order valence-corrected chi connectivity index (χ3v) is 3.70. The van der Waals surface area contributed by atoms with Crippen LogP contribution in [0.1, 0.15) is 87.5 Å². The summed E-state index contributed by atoms with van der Waals surface area (Å²) in [4.78, 5) is 12.0. The lowest BCUT2D eigenvalue weighted by atomic mass is 9.83. The highest BCUT2D eigenvalue weighted by Gasteiger charge is 2.29. The number of hydrogen-bond donors (Lipinski definition) is 1. The zero-order valence-electron chi connectivity index (χ0n) is 16.6. The molecular formula is C19H39NO3. The Bertz CT molecular complexity index is 356. The predicted octanol–water partition coefficient (Wildman–Crippen LogP) is 4.45. The molecule has 0 bridgehead atoms. The van der Waals surface area contributed by atoms with Gasteiger partial charge in [-0.05, 0) is 46.0 Å². The van der Waals surface area contributed by atoms with Crippen LogP contribution in [0.4, 0.5) is 0 Å². The topological polar surface area (TPSA) is 61.6 Å². The van der Waals surface area contributed by atoms with Gasteiger partial charge in [-0.25, -0.2) is 0 Å². The summed E-state index contributed by atoms with van der Waals surface area (Å²) >= 11 is 0. The summed E-state index contributed by atoms with van der Waals surface area (Å²) in [6, 6.07) is -0.521. The van der Waals surface area contributed by atoms with Crippen LogP contribution in [0.15, 0.2) is 0 Å². The summed E-state index contributed by atoms with van der Waals surface area (Å²) in [6.45, 7) is 17.3. The highest BCUT2D eigenvalue weighted by Crippen LogP contribution is 2.30. The summed E-state index contributed by atoms with van der Waals surface area (Å²) in [5.41, 5.74) is 5.35. The van der Waals surface area contributed by atoms with E-state index in [1.54, 1.807) is 0 Å². The Morgan fingerprint density at radius 3 is 2.09 bits per heavy atom. The summed E-state index contributed by atoms with van der Waals surface area (Å²) in [7, 11) is 0. The minimum absolute atomic E-state index is 0.185. The van der Waals surface area contributed by atoms with Crippen molar-refractivity contribution in [3.05, 3.63) is 0 Å². The first-order valence-corrected chi connectivity index (χ1v) is 8.90. The Hall–Kier alpha value is -0.610. The van der Waals surface area contributed by atoms with Gasteiger partial charge >= 0.3 is 5.97 Å². The molecule has 0 aliphatic carbocycles. The van der Waals surface area contributed by atoms with Gasteiger partial charge in [0, 0.05) is 6.42 Å². The maximum atomic E-state index is 12.0. The highest BCUT2D eigenvalue weighted by molar-refractivity contribution is 5.75. The maximum absolute atomic E-state index is 12.0. The van der Waals surface area contributed by atoms with E-state index < -0.39 is 11.6 Å². The van der Waals surface area contributed by atoms with Crippen LogP contribution >= 0.6 is 0 Å². The number of esters is 1. The van der Waals surface area contributed by atoms with Crippen LogP contribution in [0, 0.1) is 5.41 Å². The van der Waals surface area contributed by atoms with E-state index in [4.69, 9.17) is 15.2 Å². The quantitative estimate of drug-likeness (QED) is 0.602. The number of nitrogens with two attached hydrogens (primary N) is 1. The average Bonchev–Trinajstić information content (AvgIpc) is 2.31. The molecule has 0 radical (unpaired) electrons. The number of ether oxygens (including phenoxy) is 2. The highest BCUT2D eigenvalue weighted by atomic mass is 16.6. The monoisotopic (exact) mass is 329 g/mol. The molecule has 1 unspecified atom stereocenters. The van der Waals surface area contributed by atoms with E-state index in [0.29, 0.717) is 19.4 Å². The van der Waals surface area contributed by atoms with Gasteiger partial charge in [0.05, 0.1) is 12.2 Å². The van der Waals surface area contributed by atoms with Crippen molar-refractivity contribution < 1.29 is 14.3 Å². The van der Waals surface area contributed by atoms with Crippen molar-refractivity contribution in [2.24, 2.45) is 11.1 Å². The molecule has 0 aromatic carbocycles. The van der Waals surface area contributed by atoms with Crippen LogP contribution in [0.25, 0.3) is 0 Å². The zero-order valence-corrected chi connectivity index (χ0v) is 16.6. The van der Waals surface area contributed by atoms with Gasteiger partial charge in [-0.1, -0.05) is 40.5 Å². The third kappa shape index (κ3) is 11.5. The first kappa shape index (κ1) is 22.4. The Kier molecular flexibility index (Phi) is 8.79. The fraction of sp³-hybridized carbons (Fsp3) is 0.947.